The highest BCUT2D eigenvalue weighted by molar-refractivity contribution is 5.91. The molecule has 0 radical (unpaired) electrons. The first-order valence-electron chi connectivity index (χ1n) is 26.2. The Morgan fingerprint density at radius 2 is 1.16 bits per heavy atom. The summed E-state index contributed by atoms with van der Waals surface area (Å²) in [6.45, 7) is 0.740. The van der Waals surface area contributed by atoms with Gasteiger partial charge in [0.2, 0.25) is 0 Å². The molecule has 0 spiro atoms. The van der Waals surface area contributed by atoms with Gasteiger partial charge >= 0.3 is 0 Å². The van der Waals surface area contributed by atoms with Crippen LogP contribution in [0.3, 0.4) is 0 Å². The van der Waals surface area contributed by atoms with Gasteiger partial charge in [-0.1, -0.05) is 36.4 Å². The van der Waals surface area contributed by atoms with E-state index in [0.29, 0.717) is 28.3 Å². The molecule has 4 aliphatic carbocycles. The van der Waals surface area contributed by atoms with E-state index in [1.54, 1.807) is 33.8 Å². The van der Waals surface area contributed by atoms with E-state index < -0.39 is 11.6 Å². The molecule has 2 saturated carbocycles. The van der Waals surface area contributed by atoms with Crippen molar-refractivity contribution in [2.45, 2.75) is 114 Å². The lowest BCUT2D eigenvalue weighted by Gasteiger charge is -2.28. The molecule has 1 aliphatic heterocycles. The first kappa shape index (κ1) is 44.9. The molecular weight excluding hydrogens is 935 g/mol. The summed E-state index contributed by atoms with van der Waals surface area (Å²) in [5.74, 6) is 0.0702. The van der Waals surface area contributed by atoms with E-state index in [1.165, 1.54) is 17.5 Å². The molecule has 0 bridgehead atoms. The summed E-state index contributed by atoms with van der Waals surface area (Å²) in [7, 11) is 0. The molecule has 10 aromatic rings. The van der Waals surface area contributed by atoms with Crippen molar-refractivity contribution < 1.29 is 13.5 Å². The van der Waals surface area contributed by atoms with Gasteiger partial charge < -0.3 is 13.9 Å². The molecule has 3 fully saturated rings. The fourth-order valence-electron chi connectivity index (χ4n) is 12.2. The summed E-state index contributed by atoms with van der Waals surface area (Å²) in [6.07, 6.45) is 23.3. The van der Waals surface area contributed by atoms with Gasteiger partial charge in [0, 0.05) is 30.1 Å². The van der Waals surface area contributed by atoms with Gasteiger partial charge in [0.15, 0.2) is 17.5 Å². The van der Waals surface area contributed by atoms with E-state index in [9.17, 15) is 9.59 Å². The second-order valence-electron chi connectivity index (χ2n) is 20.9. The Morgan fingerprint density at radius 3 is 1.73 bits per heavy atom. The van der Waals surface area contributed by atoms with Crippen LogP contribution >= 0.6 is 0 Å². The van der Waals surface area contributed by atoms with Crippen LogP contribution in [-0.2, 0) is 17.6 Å². The highest BCUT2D eigenvalue weighted by Crippen LogP contribution is 2.43. The monoisotopic (exact) mass is 986 g/mol. The molecule has 6 aromatic heterocycles. The van der Waals surface area contributed by atoms with Crippen molar-refractivity contribution in [3.05, 3.63) is 176 Å². The minimum absolute atomic E-state index is 0.0938. The summed E-state index contributed by atoms with van der Waals surface area (Å²) < 4.78 is 41.5. The molecule has 74 heavy (non-hydrogen) atoms. The van der Waals surface area contributed by atoms with Gasteiger partial charge in [0.1, 0.15) is 24.3 Å². The fourth-order valence-corrected chi connectivity index (χ4v) is 12.2. The van der Waals surface area contributed by atoms with Crippen LogP contribution in [0.5, 0.6) is 0 Å². The van der Waals surface area contributed by atoms with Gasteiger partial charge in [-0.3, -0.25) is 14.7 Å². The predicted molar refractivity (Wildman–Crippen MR) is 279 cm³/mol. The van der Waals surface area contributed by atoms with Crippen molar-refractivity contribution in [1.82, 2.24) is 49.0 Å². The second-order valence-corrected chi connectivity index (χ2v) is 20.9. The third-order valence-corrected chi connectivity index (χ3v) is 16.2. The molecule has 7 heterocycles. The Labute approximate surface area is 423 Å². The quantitative estimate of drug-likeness (QED) is 0.164. The van der Waals surface area contributed by atoms with Gasteiger partial charge in [0.25, 0.3) is 11.1 Å². The molecule has 3 atom stereocenters. The number of rotatable bonds is 7. The molecule has 5 aliphatic rings. The maximum absolute atomic E-state index is 15.2. The Bertz CT molecular complexity index is 4000. The number of fused-ring (bicyclic) bond motifs is 6. The standard InChI is InChI=1S/C32H30FN5O2.C27H22FN5O/c33-26-16-23(19-7-8-19)15-21-11-12-37(32(39)29(21)26)27-5-3-4-20-14-22(9-10-24(20)27)30-25-17-36-38(31(25)35-18-34-30)28-6-1-2-13-40-28;28-22-12-19(15-4-5-15)11-17-8-9-33(27(34)24(17)22)23-3-1-2-16-10-18(6-7-20(16)23)25-21-13-31-32-26(21)30-14-29-25/h9-12,14-19,27-28H,1-8,13H2;6-15,23H,1-5H2,(H,29,30,31,32). The predicted octanol–water partition coefficient (Wildman–Crippen LogP) is 11.7. The van der Waals surface area contributed by atoms with Crippen molar-refractivity contribution in [1.29, 1.82) is 0 Å². The number of nitrogens with zero attached hydrogens (tertiary/aromatic N) is 9. The second kappa shape index (κ2) is 18.0. The Hall–Kier alpha value is -7.78. The average molecular weight is 987 g/mol. The first-order valence-corrected chi connectivity index (χ1v) is 26.2. The third kappa shape index (κ3) is 7.82. The number of halogens is 2. The van der Waals surface area contributed by atoms with E-state index in [2.05, 4.69) is 65.6 Å². The minimum Gasteiger partial charge on any atom is -0.356 e. The highest BCUT2D eigenvalue weighted by Gasteiger charge is 2.30. The highest BCUT2D eigenvalue weighted by atomic mass is 19.1. The van der Waals surface area contributed by atoms with Crippen LogP contribution < -0.4 is 11.1 Å². The maximum Gasteiger partial charge on any atom is 0.261 e. The van der Waals surface area contributed by atoms with Crippen molar-refractivity contribution in [3.63, 3.8) is 0 Å². The lowest BCUT2D eigenvalue weighted by atomic mass is 9.85. The largest absolute Gasteiger partial charge is 0.356 e. The van der Waals surface area contributed by atoms with Crippen LogP contribution in [0.15, 0.2) is 120 Å². The SMILES string of the molecule is O=c1c2c(F)cc(C3CC3)cc2ccn1C1CCCc2cc(-c3ncnc4[nH]ncc34)ccc21.O=c1c2c(F)cc(C3CC3)cc2ccn1C1CCCc2cc(-c3ncnc4c3cnn4C3CCCCO3)ccc21. The number of hydrogen-bond donors (Lipinski definition) is 1. The van der Waals surface area contributed by atoms with E-state index in [0.717, 1.165) is 151 Å². The summed E-state index contributed by atoms with van der Waals surface area (Å²) in [4.78, 5) is 45.0. The summed E-state index contributed by atoms with van der Waals surface area (Å²) in [5.41, 5.74) is 11.3. The van der Waals surface area contributed by atoms with Crippen LogP contribution in [0, 0.1) is 11.6 Å². The zero-order chi connectivity index (χ0) is 49.6. The van der Waals surface area contributed by atoms with Gasteiger partial charge in [0.05, 0.1) is 57.4 Å². The Balaban J connectivity index is 0.000000138. The van der Waals surface area contributed by atoms with Crippen LogP contribution in [0.2, 0.25) is 0 Å². The molecule has 370 valence electrons. The molecule has 15 rings (SSSR count). The number of H-pyrrole nitrogens is 1. The van der Waals surface area contributed by atoms with Gasteiger partial charge in [-0.25, -0.2) is 33.4 Å². The van der Waals surface area contributed by atoms with Crippen molar-refractivity contribution in [2.24, 2.45) is 0 Å². The zero-order valence-corrected chi connectivity index (χ0v) is 40.7. The van der Waals surface area contributed by atoms with Crippen LogP contribution in [0.1, 0.15) is 134 Å². The zero-order valence-electron chi connectivity index (χ0n) is 40.7. The van der Waals surface area contributed by atoms with E-state index in [1.807, 2.05) is 53.6 Å². The summed E-state index contributed by atoms with van der Waals surface area (Å²) in [5, 5.41) is 15.2. The van der Waals surface area contributed by atoms with Crippen molar-refractivity contribution in [3.8, 4) is 22.5 Å². The Kier molecular flexibility index (Phi) is 10.9. The number of benzene rings is 4. The minimum atomic E-state index is -0.405. The number of aromatic nitrogens is 10. The lowest BCUT2D eigenvalue weighted by molar-refractivity contribution is -0.0370. The van der Waals surface area contributed by atoms with E-state index in [4.69, 9.17) is 4.74 Å². The van der Waals surface area contributed by atoms with Gasteiger partial charge in [-0.05, 0) is 176 Å². The van der Waals surface area contributed by atoms with Crippen LogP contribution in [-0.4, -0.2) is 55.7 Å². The molecular formula is C59H52F2N10O3. The molecule has 4 aromatic carbocycles. The number of hydrogen-bond acceptors (Lipinski definition) is 9. The van der Waals surface area contributed by atoms with Gasteiger partial charge in [-0.2, -0.15) is 10.2 Å². The van der Waals surface area contributed by atoms with Crippen molar-refractivity contribution >= 4 is 43.6 Å². The normalized spacial score (nSPS) is 19.6. The molecule has 3 unspecified atom stereocenters. The van der Waals surface area contributed by atoms with Crippen LogP contribution in [0.4, 0.5) is 8.78 Å². The number of aromatic amines is 1. The smallest absolute Gasteiger partial charge is 0.261 e. The number of aryl methyl sites for hydroxylation is 2. The summed E-state index contributed by atoms with van der Waals surface area (Å²) in [6, 6.07) is 23.3. The van der Waals surface area contributed by atoms with E-state index >= 15 is 8.78 Å². The lowest BCUT2D eigenvalue weighted by Crippen LogP contribution is -2.28. The number of ether oxygens (including phenoxy) is 1. The molecule has 1 N–H and O–H groups in total. The molecule has 15 heteroatoms. The van der Waals surface area contributed by atoms with E-state index in [-0.39, 0.29) is 40.2 Å². The molecule has 0 amide bonds. The molecule has 1 saturated heterocycles. The number of pyridine rings is 2. The third-order valence-electron chi connectivity index (χ3n) is 16.2. The van der Waals surface area contributed by atoms with Crippen LogP contribution in [0.25, 0.3) is 66.1 Å². The maximum atomic E-state index is 15.2. The average Bonchev–Trinajstić information content (AvgIpc) is 4.37. The van der Waals surface area contributed by atoms with Gasteiger partial charge in [-0.15, -0.1) is 0 Å². The molecule has 13 nitrogen and oxygen atoms in total. The first-order chi connectivity index (χ1) is 36.3. The summed E-state index contributed by atoms with van der Waals surface area (Å²) >= 11 is 0. The fraction of sp³-hybridized carbons (Fsp3) is 0.322. The topological polar surface area (TPSA) is 151 Å². The number of nitrogens with one attached hydrogen (secondary N) is 1. The van der Waals surface area contributed by atoms with Crippen molar-refractivity contribution in [2.75, 3.05) is 6.61 Å². The Morgan fingerprint density at radius 1 is 0.581 bits per heavy atom.